The van der Waals surface area contributed by atoms with E-state index in [1.165, 1.54) is 4.40 Å². The first kappa shape index (κ1) is 27.9. The lowest BCUT2D eigenvalue weighted by Crippen LogP contribution is -2.21. The van der Waals surface area contributed by atoms with Crippen molar-refractivity contribution in [3.8, 4) is 11.5 Å². The molecule has 0 amide bonds. The number of carboxylic acids is 1. The van der Waals surface area contributed by atoms with Crippen LogP contribution in [0.2, 0.25) is 0 Å². The van der Waals surface area contributed by atoms with Crippen molar-refractivity contribution in [2.75, 3.05) is 0 Å². The Balaban J connectivity index is 0.000000448. The SMILES string of the molecule is CCCCCn1c2nc(Br)[nH]c2c(=O)n2c(CCc3nc(-c4ccccn4)no3)nnc12.O=C(O)C(F)(F)F. The van der Waals surface area contributed by atoms with Gasteiger partial charge in [0.15, 0.2) is 15.9 Å². The summed E-state index contributed by atoms with van der Waals surface area (Å²) >= 11 is 3.34. The van der Waals surface area contributed by atoms with E-state index in [2.05, 4.69) is 58.1 Å². The van der Waals surface area contributed by atoms with Crippen molar-refractivity contribution in [3.05, 3.63) is 51.2 Å². The van der Waals surface area contributed by atoms with Crippen LogP contribution in [-0.2, 0) is 24.2 Å². The molecule has 0 saturated carbocycles. The van der Waals surface area contributed by atoms with E-state index in [4.69, 9.17) is 14.4 Å². The molecule has 0 radical (unpaired) electrons. The summed E-state index contributed by atoms with van der Waals surface area (Å²) in [6, 6.07) is 5.50. The minimum Gasteiger partial charge on any atom is -0.475 e. The Morgan fingerprint density at radius 3 is 2.62 bits per heavy atom. The number of halogens is 4. The number of aromatic nitrogens is 9. The average molecular weight is 612 g/mol. The number of aryl methyl sites for hydroxylation is 3. The van der Waals surface area contributed by atoms with Gasteiger partial charge in [0.1, 0.15) is 11.5 Å². The van der Waals surface area contributed by atoms with E-state index in [0.717, 1.165) is 19.3 Å². The van der Waals surface area contributed by atoms with E-state index in [-0.39, 0.29) is 5.56 Å². The second kappa shape index (κ2) is 11.7. The molecule has 5 heterocycles. The number of fused-ring (bicyclic) bond motifs is 2. The Morgan fingerprint density at radius 1 is 1.18 bits per heavy atom. The summed E-state index contributed by atoms with van der Waals surface area (Å²) in [5.74, 6) is -0.885. The molecule has 5 aromatic rings. The molecule has 0 fully saturated rings. The number of unbranched alkanes of at least 4 members (excludes halogenated alkanes) is 2. The van der Waals surface area contributed by atoms with E-state index in [0.29, 0.717) is 64.3 Å². The molecule has 0 saturated heterocycles. The van der Waals surface area contributed by atoms with E-state index in [1.807, 2.05) is 22.8 Å². The molecular weight excluding hydrogens is 591 g/mol. The smallest absolute Gasteiger partial charge is 0.475 e. The average Bonchev–Trinajstić information content (AvgIpc) is 3.64. The van der Waals surface area contributed by atoms with Crippen molar-refractivity contribution in [3.63, 3.8) is 0 Å². The molecule has 0 unspecified atom stereocenters. The number of carbonyl (C=O) groups is 1. The van der Waals surface area contributed by atoms with Gasteiger partial charge in [0.25, 0.3) is 5.56 Å². The van der Waals surface area contributed by atoms with Gasteiger partial charge in [-0.15, -0.1) is 10.2 Å². The quantitative estimate of drug-likeness (QED) is 0.195. The summed E-state index contributed by atoms with van der Waals surface area (Å²) in [7, 11) is 0. The van der Waals surface area contributed by atoms with Gasteiger partial charge in [0, 0.05) is 25.6 Å². The number of alkyl halides is 3. The number of nitrogens with zero attached hydrogens (tertiary/aromatic N) is 8. The van der Waals surface area contributed by atoms with Gasteiger partial charge in [-0.1, -0.05) is 31.0 Å². The Morgan fingerprint density at radius 2 is 1.95 bits per heavy atom. The van der Waals surface area contributed by atoms with Crippen LogP contribution >= 0.6 is 15.9 Å². The van der Waals surface area contributed by atoms with Gasteiger partial charge in [-0.05, 0) is 34.5 Å². The Hall–Kier alpha value is -4.15. The van der Waals surface area contributed by atoms with Crippen LogP contribution < -0.4 is 5.56 Å². The highest BCUT2D eigenvalue weighted by molar-refractivity contribution is 9.10. The molecule has 0 aliphatic heterocycles. The molecule has 39 heavy (non-hydrogen) atoms. The summed E-state index contributed by atoms with van der Waals surface area (Å²) in [4.78, 5) is 38.2. The number of aromatic amines is 1. The van der Waals surface area contributed by atoms with E-state index in [1.54, 1.807) is 6.20 Å². The largest absolute Gasteiger partial charge is 0.490 e. The normalized spacial score (nSPS) is 11.6. The molecule has 0 spiro atoms. The molecule has 0 aliphatic carbocycles. The van der Waals surface area contributed by atoms with Gasteiger partial charge in [-0.2, -0.15) is 18.2 Å². The first-order chi connectivity index (χ1) is 18.6. The fourth-order valence-electron chi connectivity index (χ4n) is 3.64. The Bertz CT molecular complexity index is 1640. The number of carboxylic acid groups (broad SMARTS) is 1. The van der Waals surface area contributed by atoms with Crippen LogP contribution in [-0.4, -0.2) is 61.5 Å². The lowest BCUT2D eigenvalue weighted by atomic mass is 10.2. The lowest BCUT2D eigenvalue weighted by Gasteiger charge is -2.09. The molecule has 5 rings (SSSR count). The first-order valence-corrected chi connectivity index (χ1v) is 12.5. The topological polar surface area (TPSA) is 170 Å². The number of aliphatic carboxylic acids is 1. The predicted octanol–water partition coefficient (Wildman–Crippen LogP) is 3.58. The number of hydrogen-bond donors (Lipinski definition) is 2. The fourth-order valence-corrected chi connectivity index (χ4v) is 4.00. The van der Waals surface area contributed by atoms with Crippen LogP contribution in [0.5, 0.6) is 0 Å². The van der Waals surface area contributed by atoms with Crippen molar-refractivity contribution in [2.45, 2.75) is 51.7 Å². The van der Waals surface area contributed by atoms with Gasteiger partial charge in [0.05, 0.1) is 0 Å². The summed E-state index contributed by atoms with van der Waals surface area (Å²) in [6.45, 7) is 2.84. The second-order valence-electron chi connectivity index (χ2n) is 8.17. The molecule has 0 aromatic carbocycles. The summed E-state index contributed by atoms with van der Waals surface area (Å²) in [6.07, 6.45) is 0.536. The Labute approximate surface area is 225 Å². The molecule has 13 nitrogen and oxygen atoms in total. The second-order valence-corrected chi connectivity index (χ2v) is 8.92. The molecule has 2 N–H and O–H groups in total. The third-order valence-electron chi connectivity index (χ3n) is 5.44. The summed E-state index contributed by atoms with van der Waals surface area (Å²) in [5, 5.41) is 19.7. The maximum atomic E-state index is 13.2. The first-order valence-electron chi connectivity index (χ1n) is 11.7. The highest BCUT2D eigenvalue weighted by Gasteiger charge is 2.38. The third-order valence-corrected chi connectivity index (χ3v) is 5.81. The van der Waals surface area contributed by atoms with Gasteiger partial charge in [0.2, 0.25) is 17.5 Å². The molecule has 0 aliphatic rings. The van der Waals surface area contributed by atoms with E-state index < -0.39 is 12.1 Å². The highest BCUT2D eigenvalue weighted by Crippen LogP contribution is 2.18. The molecule has 5 aromatic heterocycles. The van der Waals surface area contributed by atoms with Crippen molar-refractivity contribution in [2.24, 2.45) is 0 Å². The van der Waals surface area contributed by atoms with Crippen molar-refractivity contribution in [1.29, 1.82) is 0 Å². The van der Waals surface area contributed by atoms with Gasteiger partial charge in [-0.25, -0.2) is 14.2 Å². The predicted molar refractivity (Wildman–Crippen MR) is 133 cm³/mol. The van der Waals surface area contributed by atoms with Crippen LogP contribution in [0, 0.1) is 0 Å². The molecule has 17 heteroatoms. The highest BCUT2D eigenvalue weighted by atomic mass is 79.9. The standard InChI is InChI=1S/C20H20BrN9O2.C2HF3O2/c1-2-3-6-11-29-17-15(24-19(21)25-17)18(31)30-13(26-27-20(29)30)8-9-14-23-16(28-32-14)12-7-4-5-10-22-12;3-2(4,5)1(6)7/h4-5,7,10H,2-3,6,8-9,11H2,1H3,(H,24,25);(H,6,7). The van der Waals surface area contributed by atoms with Gasteiger partial charge >= 0.3 is 12.1 Å². The van der Waals surface area contributed by atoms with Crippen molar-refractivity contribution >= 4 is 38.8 Å². The number of rotatable bonds is 8. The number of imidazole rings is 1. The number of pyridine rings is 1. The lowest BCUT2D eigenvalue weighted by molar-refractivity contribution is -0.192. The molecule has 0 bridgehead atoms. The van der Waals surface area contributed by atoms with Crippen LogP contribution in [0.15, 0.2) is 38.4 Å². The van der Waals surface area contributed by atoms with E-state index in [9.17, 15) is 18.0 Å². The number of H-pyrrole nitrogens is 1. The van der Waals surface area contributed by atoms with E-state index >= 15 is 0 Å². The molecular formula is C22H21BrF3N9O4. The zero-order chi connectivity index (χ0) is 28.2. The zero-order valence-electron chi connectivity index (χ0n) is 20.3. The van der Waals surface area contributed by atoms with Crippen molar-refractivity contribution in [1.82, 2.24) is 44.3 Å². The molecule has 206 valence electrons. The Kier molecular flexibility index (Phi) is 8.37. The fraction of sp³-hybridized carbons (Fsp3) is 0.364. The summed E-state index contributed by atoms with van der Waals surface area (Å²) in [5.41, 5.74) is 1.38. The minimum absolute atomic E-state index is 0.236. The van der Waals surface area contributed by atoms with Crippen LogP contribution in [0.4, 0.5) is 13.2 Å². The van der Waals surface area contributed by atoms with Crippen LogP contribution in [0.1, 0.15) is 37.9 Å². The monoisotopic (exact) mass is 611 g/mol. The van der Waals surface area contributed by atoms with Crippen molar-refractivity contribution < 1.29 is 27.6 Å². The van der Waals surface area contributed by atoms with Crippen LogP contribution in [0.25, 0.3) is 28.5 Å². The van der Waals surface area contributed by atoms with Gasteiger partial charge < -0.3 is 14.6 Å². The maximum absolute atomic E-state index is 13.2. The zero-order valence-corrected chi connectivity index (χ0v) is 21.9. The number of hydrogen-bond acceptors (Lipinski definition) is 9. The number of nitrogens with one attached hydrogen (secondary N) is 1. The summed E-state index contributed by atoms with van der Waals surface area (Å²) < 4.78 is 41.1. The third kappa shape index (κ3) is 6.30. The minimum atomic E-state index is -5.08. The van der Waals surface area contributed by atoms with Gasteiger partial charge in [-0.3, -0.25) is 14.3 Å². The van der Waals surface area contributed by atoms with Crippen LogP contribution in [0.3, 0.4) is 0 Å². The maximum Gasteiger partial charge on any atom is 0.490 e. The molecule has 0 atom stereocenters.